The number of fused-ring (bicyclic) bond motifs is 2. The van der Waals surface area contributed by atoms with Gasteiger partial charge < -0.3 is 14.4 Å². The molecule has 0 aliphatic carbocycles. The first-order valence-corrected chi connectivity index (χ1v) is 9.50. The predicted molar refractivity (Wildman–Crippen MR) is 103 cm³/mol. The molecular weight excluding hydrogens is 342 g/mol. The number of methoxy groups -OCH3 is 1. The van der Waals surface area contributed by atoms with E-state index in [1.165, 1.54) is 5.56 Å². The van der Waals surface area contributed by atoms with Crippen molar-refractivity contribution in [3.8, 4) is 5.88 Å². The van der Waals surface area contributed by atoms with E-state index in [1.807, 2.05) is 37.3 Å². The summed E-state index contributed by atoms with van der Waals surface area (Å²) < 4.78 is 11.6. The summed E-state index contributed by atoms with van der Waals surface area (Å²) in [5.74, 6) is 1.42. The van der Waals surface area contributed by atoms with Gasteiger partial charge in [-0.15, -0.1) is 0 Å². The molecule has 0 radical (unpaired) electrons. The maximum Gasteiger partial charge on any atom is 0.225 e. The van der Waals surface area contributed by atoms with Gasteiger partial charge in [0.2, 0.25) is 11.8 Å². The largest absolute Gasteiger partial charge is 0.481 e. The van der Waals surface area contributed by atoms with Crippen LogP contribution in [0.1, 0.15) is 29.8 Å². The monoisotopic (exact) mass is 369 g/mol. The average molecular weight is 369 g/mol. The number of nitrogens with zero attached hydrogens (tertiary/aromatic N) is 5. The number of pyridine rings is 1. The lowest BCUT2D eigenvalue weighted by Crippen LogP contribution is -2.47. The molecule has 1 spiro atoms. The highest BCUT2D eigenvalue weighted by Gasteiger charge is 2.42. The van der Waals surface area contributed by atoms with E-state index in [2.05, 4.69) is 20.9 Å². The van der Waals surface area contributed by atoms with Crippen molar-refractivity contribution in [3.63, 3.8) is 0 Å². The number of piperidine rings is 1. The summed E-state index contributed by atoms with van der Waals surface area (Å²) >= 11 is 0. The zero-order valence-corrected chi connectivity index (χ0v) is 16.3. The van der Waals surface area contributed by atoms with Crippen molar-refractivity contribution in [2.75, 3.05) is 45.8 Å². The van der Waals surface area contributed by atoms with Crippen LogP contribution in [0.15, 0.2) is 24.4 Å². The van der Waals surface area contributed by atoms with Crippen molar-refractivity contribution in [1.29, 1.82) is 0 Å². The third-order valence-electron chi connectivity index (χ3n) is 5.47. The summed E-state index contributed by atoms with van der Waals surface area (Å²) in [5.41, 5.74) is 3.08. The molecule has 0 N–H and O–H groups in total. The van der Waals surface area contributed by atoms with Crippen LogP contribution < -0.4 is 9.64 Å². The van der Waals surface area contributed by atoms with E-state index in [0.29, 0.717) is 5.88 Å². The van der Waals surface area contributed by atoms with Crippen LogP contribution in [0.3, 0.4) is 0 Å². The van der Waals surface area contributed by atoms with Gasteiger partial charge in [0.15, 0.2) is 0 Å². The fraction of sp³-hybridized carbons (Fsp3) is 0.550. The Balaban J connectivity index is 1.49. The summed E-state index contributed by atoms with van der Waals surface area (Å²) in [6, 6.07) is 5.92. The van der Waals surface area contributed by atoms with Crippen molar-refractivity contribution in [1.82, 2.24) is 19.9 Å². The van der Waals surface area contributed by atoms with Gasteiger partial charge in [0.05, 0.1) is 25.1 Å². The highest BCUT2D eigenvalue weighted by atomic mass is 16.5. The minimum atomic E-state index is -0.278. The van der Waals surface area contributed by atoms with Crippen LogP contribution in [0.25, 0.3) is 0 Å². The van der Waals surface area contributed by atoms with Crippen LogP contribution in [0.4, 0.5) is 5.95 Å². The average Bonchev–Trinajstić information content (AvgIpc) is 2.70. The van der Waals surface area contributed by atoms with Crippen LogP contribution >= 0.6 is 0 Å². The fourth-order valence-electron chi connectivity index (χ4n) is 3.96. The minimum absolute atomic E-state index is 0.278. The Morgan fingerprint density at radius 3 is 2.78 bits per heavy atom. The SMILES string of the molecule is COc1cccc(CN2CCC3(CC2)OCCc2cnc(N(C)C)nc23)n1. The van der Waals surface area contributed by atoms with E-state index in [-0.39, 0.29) is 5.60 Å². The Morgan fingerprint density at radius 2 is 2.04 bits per heavy atom. The first kappa shape index (κ1) is 18.1. The lowest BCUT2D eigenvalue weighted by atomic mass is 9.83. The zero-order chi connectivity index (χ0) is 18.9. The second kappa shape index (κ2) is 7.40. The molecule has 0 atom stereocenters. The highest BCUT2D eigenvalue weighted by Crippen LogP contribution is 2.40. The summed E-state index contributed by atoms with van der Waals surface area (Å²) in [6.07, 6.45) is 4.75. The van der Waals surface area contributed by atoms with Gasteiger partial charge in [0.25, 0.3) is 0 Å². The molecule has 0 bridgehead atoms. The van der Waals surface area contributed by atoms with Gasteiger partial charge in [0.1, 0.15) is 5.60 Å². The number of ether oxygens (including phenoxy) is 2. The molecule has 0 amide bonds. The van der Waals surface area contributed by atoms with Crippen molar-refractivity contribution in [3.05, 3.63) is 41.3 Å². The van der Waals surface area contributed by atoms with Crippen molar-refractivity contribution in [2.24, 2.45) is 0 Å². The molecule has 2 aliphatic rings. The molecule has 0 unspecified atom stereocenters. The standard InChI is InChI=1S/C20H27N5O2/c1-24(2)19-21-13-15-7-12-27-20(18(15)23-19)8-10-25(11-9-20)14-16-5-4-6-17(22-16)26-3/h4-6,13H,7-12,14H2,1-3H3. The molecular formula is C20H27N5O2. The lowest BCUT2D eigenvalue weighted by Gasteiger charge is -2.44. The molecule has 2 aromatic heterocycles. The van der Waals surface area contributed by atoms with Crippen LogP contribution in [0, 0.1) is 0 Å². The second-order valence-corrected chi connectivity index (χ2v) is 7.48. The molecule has 1 saturated heterocycles. The summed E-state index contributed by atoms with van der Waals surface area (Å²) in [5, 5.41) is 0. The molecule has 4 rings (SSSR count). The van der Waals surface area contributed by atoms with Crippen molar-refractivity contribution < 1.29 is 9.47 Å². The topological polar surface area (TPSA) is 63.6 Å². The van der Waals surface area contributed by atoms with Crippen LogP contribution in [-0.2, 0) is 23.3 Å². The molecule has 1 fully saturated rings. The Kier molecular flexibility index (Phi) is 4.97. The molecule has 7 nitrogen and oxygen atoms in total. The van der Waals surface area contributed by atoms with Crippen molar-refractivity contribution >= 4 is 5.95 Å². The smallest absolute Gasteiger partial charge is 0.225 e. The summed E-state index contributed by atoms with van der Waals surface area (Å²) in [4.78, 5) is 18.3. The molecule has 27 heavy (non-hydrogen) atoms. The highest BCUT2D eigenvalue weighted by molar-refractivity contribution is 5.35. The number of hydrogen-bond acceptors (Lipinski definition) is 7. The Hall–Kier alpha value is -2.25. The van der Waals surface area contributed by atoms with Crippen molar-refractivity contribution in [2.45, 2.75) is 31.4 Å². The van der Waals surface area contributed by atoms with Gasteiger partial charge in [-0.25, -0.2) is 15.0 Å². The predicted octanol–water partition coefficient (Wildman–Crippen LogP) is 2.01. The van der Waals surface area contributed by atoms with Gasteiger partial charge in [-0.3, -0.25) is 4.90 Å². The molecule has 144 valence electrons. The zero-order valence-electron chi connectivity index (χ0n) is 16.3. The Morgan fingerprint density at radius 1 is 1.22 bits per heavy atom. The van der Waals surface area contributed by atoms with E-state index in [0.717, 1.165) is 62.8 Å². The third kappa shape index (κ3) is 3.61. The second-order valence-electron chi connectivity index (χ2n) is 7.48. The molecule has 0 saturated carbocycles. The third-order valence-corrected chi connectivity index (χ3v) is 5.47. The van der Waals surface area contributed by atoms with Gasteiger partial charge >= 0.3 is 0 Å². The lowest BCUT2D eigenvalue weighted by molar-refractivity contribution is -0.102. The number of aromatic nitrogens is 3. The summed E-state index contributed by atoms with van der Waals surface area (Å²) in [7, 11) is 5.60. The van der Waals surface area contributed by atoms with E-state index in [4.69, 9.17) is 14.5 Å². The normalized spacial score (nSPS) is 18.9. The molecule has 7 heteroatoms. The quantitative estimate of drug-likeness (QED) is 0.817. The number of anilines is 1. The van der Waals surface area contributed by atoms with Crippen LogP contribution in [-0.4, -0.2) is 60.8 Å². The van der Waals surface area contributed by atoms with Crippen LogP contribution in [0.2, 0.25) is 0 Å². The Labute approximate surface area is 160 Å². The number of hydrogen-bond donors (Lipinski definition) is 0. The molecule has 0 aromatic carbocycles. The maximum atomic E-state index is 6.33. The van der Waals surface area contributed by atoms with Gasteiger partial charge in [-0.1, -0.05) is 6.07 Å². The molecule has 2 aromatic rings. The number of likely N-dealkylation sites (tertiary alicyclic amines) is 1. The maximum absolute atomic E-state index is 6.33. The number of rotatable bonds is 4. The summed E-state index contributed by atoms with van der Waals surface area (Å²) in [6.45, 7) is 3.49. The Bertz CT molecular complexity index is 803. The molecule has 4 heterocycles. The first-order chi connectivity index (χ1) is 13.1. The fourth-order valence-corrected chi connectivity index (χ4v) is 3.96. The minimum Gasteiger partial charge on any atom is -0.481 e. The van der Waals surface area contributed by atoms with E-state index in [9.17, 15) is 0 Å². The first-order valence-electron chi connectivity index (χ1n) is 9.50. The van der Waals surface area contributed by atoms with Gasteiger partial charge in [-0.2, -0.15) is 0 Å². The molecule has 2 aliphatic heterocycles. The van der Waals surface area contributed by atoms with E-state index >= 15 is 0 Å². The van der Waals surface area contributed by atoms with Gasteiger partial charge in [0, 0.05) is 46.0 Å². The van der Waals surface area contributed by atoms with Crippen LogP contribution in [0.5, 0.6) is 5.88 Å². The van der Waals surface area contributed by atoms with E-state index in [1.54, 1.807) is 7.11 Å². The van der Waals surface area contributed by atoms with E-state index < -0.39 is 0 Å². The van der Waals surface area contributed by atoms with Gasteiger partial charge in [-0.05, 0) is 30.9 Å².